The summed E-state index contributed by atoms with van der Waals surface area (Å²) in [5, 5.41) is 3.55. The number of hydrogen-bond acceptors (Lipinski definition) is 2. The third-order valence-electron chi connectivity index (χ3n) is 2.98. The van der Waals surface area contributed by atoms with Crippen molar-refractivity contribution in [2.24, 2.45) is 5.92 Å². The fourth-order valence-electron chi connectivity index (χ4n) is 2.59. The average Bonchev–Trinajstić information content (AvgIpc) is 2.43. The molecule has 0 aromatic rings. The van der Waals surface area contributed by atoms with Crippen LogP contribution in [0.2, 0.25) is 0 Å². The number of fused-ring (bicyclic) bond motifs is 2. The number of nitrogens with one attached hydrogen (secondary N) is 1. The van der Waals surface area contributed by atoms with Crippen LogP contribution in [0.5, 0.6) is 0 Å². The first-order valence-corrected chi connectivity index (χ1v) is 4.19. The van der Waals surface area contributed by atoms with E-state index in [0.29, 0.717) is 0 Å². The number of likely N-dealkylation sites (N-methyl/N-ethyl adjacent to an activating group) is 1. The maximum Gasteiger partial charge on any atom is 0.0283 e. The van der Waals surface area contributed by atoms with Gasteiger partial charge in [-0.25, -0.2) is 0 Å². The van der Waals surface area contributed by atoms with Crippen molar-refractivity contribution in [3.8, 4) is 0 Å². The van der Waals surface area contributed by atoms with E-state index in [2.05, 4.69) is 24.3 Å². The predicted octanol–water partition coefficient (Wildman–Crippen LogP) is 0.298. The summed E-state index contributed by atoms with van der Waals surface area (Å²) in [6.45, 7) is 1.26. The van der Waals surface area contributed by atoms with Crippen molar-refractivity contribution in [3.05, 3.63) is 0 Å². The zero-order valence-corrected chi connectivity index (χ0v) is 6.80. The Hall–Kier alpha value is -0.0800. The van der Waals surface area contributed by atoms with Crippen LogP contribution >= 0.6 is 0 Å². The molecule has 0 unspecified atom stereocenters. The van der Waals surface area contributed by atoms with E-state index in [-0.39, 0.29) is 0 Å². The Morgan fingerprint density at radius 2 is 2.10 bits per heavy atom. The molecule has 1 saturated heterocycles. The highest BCUT2D eigenvalue weighted by molar-refractivity contribution is 5.01. The van der Waals surface area contributed by atoms with Gasteiger partial charge in [-0.05, 0) is 39.4 Å². The van der Waals surface area contributed by atoms with Gasteiger partial charge in [0.25, 0.3) is 0 Å². The van der Waals surface area contributed by atoms with Gasteiger partial charge in [0.15, 0.2) is 0 Å². The lowest BCUT2D eigenvalue weighted by atomic mass is 10.1. The van der Waals surface area contributed by atoms with Crippen molar-refractivity contribution in [1.29, 1.82) is 0 Å². The summed E-state index contributed by atoms with van der Waals surface area (Å²) < 4.78 is 0. The Morgan fingerprint density at radius 1 is 1.30 bits per heavy atom. The van der Waals surface area contributed by atoms with E-state index < -0.39 is 0 Å². The minimum absolute atomic E-state index is 0.806. The van der Waals surface area contributed by atoms with Gasteiger partial charge < -0.3 is 10.2 Å². The molecule has 1 N–H and O–H groups in total. The Morgan fingerprint density at radius 3 is 2.30 bits per heavy atom. The van der Waals surface area contributed by atoms with Gasteiger partial charge in [-0.1, -0.05) is 0 Å². The van der Waals surface area contributed by atoms with Crippen molar-refractivity contribution in [3.63, 3.8) is 0 Å². The summed E-state index contributed by atoms with van der Waals surface area (Å²) in [4.78, 5) is 2.38. The Balaban J connectivity index is 2.09. The fourth-order valence-corrected chi connectivity index (χ4v) is 2.59. The minimum atomic E-state index is 0.806. The van der Waals surface area contributed by atoms with Crippen LogP contribution in [0.25, 0.3) is 0 Å². The first-order chi connectivity index (χ1) is 4.79. The zero-order valence-electron chi connectivity index (χ0n) is 6.80. The molecule has 2 heteroatoms. The lowest BCUT2D eigenvalue weighted by Gasteiger charge is -2.22. The van der Waals surface area contributed by atoms with Gasteiger partial charge >= 0.3 is 0 Å². The van der Waals surface area contributed by atoms with Crippen LogP contribution in [0.4, 0.5) is 0 Å². The van der Waals surface area contributed by atoms with Gasteiger partial charge in [0.2, 0.25) is 0 Å². The number of piperidine rings is 1. The van der Waals surface area contributed by atoms with E-state index in [1.54, 1.807) is 0 Å². The third kappa shape index (κ3) is 0.789. The largest absolute Gasteiger partial charge is 0.312 e. The van der Waals surface area contributed by atoms with E-state index in [1.807, 2.05) is 0 Å². The molecule has 0 amide bonds. The Bertz CT molecular complexity index is 113. The molecule has 2 nitrogen and oxygen atoms in total. The lowest BCUT2D eigenvalue weighted by molar-refractivity contribution is 0.261. The van der Waals surface area contributed by atoms with E-state index in [9.17, 15) is 0 Å². The molecule has 2 fully saturated rings. The standard InChI is InChI=1S/C8H16N2/c1-10(2)8-6-3-4-7(8)9-5-6/h6-9H,3-5H2,1-2H3/t6-,7+,8+/m0/s1. The van der Waals surface area contributed by atoms with Crippen LogP contribution in [0.3, 0.4) is 0 Å². The molecule has 0 radical (unpaired) electrons. The second kappa shape index (κ2) is 2.21. The quantitative estimate of drug-likeness (QED) is 0.563. The van der Waals surface area contributed by atoms with Crippen LogP contribution in [-0.4, -0.2) is 37.6 Å². The van der Waals surface area contributed by atoms with Crippen LogP contribution in [0, 0.1) is 5.92 Å². The molecule has 1 heterocycles. The molecule has 1 aliphatic carbocycles. The fraction of sp³-hybridized carbons (Fsp3) is 1.00. The summed E-state index contributed by atoms with van der Waals surface area (Å²) in [6, 6.07) is 1.64. The predicted molar refractivity (Wildman–Crippen MR) is 42.0 cm³/mol. The molecule has 2 bridgehead atoms. The molecule has 58 valence electrons. The summed E-state index contributed by atoms with van der Waals surface area (Å²) in [6.07, 6.45) is 2.84. The Labute approximate surface area is 62.6 Å². The second-order valence-corrected chi connectivity index (χ2v) is 3.81. The van der Waals surface area contributed by atoms with Gasteiger partial charge in [-0.2, -0.15) is 0 Å². The van der Waals surface area contributed by atoms with Crippen LogP contribution < -0.4 is 5.32 Å². The van der Waals surface area contributed by atoms with E-state index in [4.69, 9.17) is 0 Å². The van der Waals surface area contributed by atoms with Crippen molar-refractivity contribution < 1.29 is 0 Å². The molecule has 0 aromatic carbocycles. The van der Waals surface area contributed by atoms with Crippen LogP contribution in [0.1, 0.15) is 12.8 Å². The monoisotopic (exact) mass is 140 g/mol. The summed E-state index contributed by atoms with van der Waals surface area (Å²) in [5.41, 5.74) is 0. The highest BCUT2D eigenvalue weighted by Crippen LogP contribution is 2.33. The molecule has 1 saturated carbocycles. The van der Waals surface area contributed by atoms with Crippen molar-refractivity contribution >= 4 is 0 Å². The lowest BCUT2D eigenvalue weighted by Crippen LogP contribution is -2.37. The maximum absolute atomic E-state index is 3.55. The van der Waals surface area contributed by atoms with Crippen molar-refractivity contribution in [1.82, 2.24) is 10.2 Å². The molecule has 2 rings (SSSR count). The average molecular weight is 140 g/mol. The van der Waals surface area contributed by atoms with Crippen LogP contribution in [-0.2, 0) is 0 Å². The minimum Gasteiger partial charge on any atom is -0.312 e. The molecular formula is C8H16N2. The van der Waals surface area contributed by atoms with Crippen LogP contribution in [0.15, 0.2) is 0 Å². The number of hydrogen-bond donors (Lipinski definition) is 1. The number of rotatable bonds is 1. The molecule has 0 aromatic heterocycles. The van der Waals surface area contributed by atoms with Crippen molar-refractivity contribution in [2.75, 3.05) is 20.6 Å². The van der Waals surface area contributed by atoms with Crippen molar-refractivity contribution in [2.45, 2.75) is 24.9 Å². The van der Waals surface area contributed by atoms with Gasteiger partial charge in [-0.3, -0.25) is 0 Å². The first-order valence-electron chi connectivity index (χ1n) is 4.19. The van der Waals surface area contributed by atoms with Gasteiger partial charge in [0.05, 0.1) is 0 Å². The SMILES string of the molecule is CN(C)[C@@H]1[C@H]2CC[C@H]1NC2. The molecular weight excluding hydrogens is 124 g/mol. The maximum atomic E-state index is 3.55. The normalized spacial score (nSPS) is 45.3. The third-order valence-corrected chi connectivity index (χ3v) is 2.98. The van der Waals surface area contributed by atoms with E-state index in [1.165, 1.54) is 19.4 Å². The molecule has 0 spiro atoms. The second-order valence-electron chi connectivity index (χ2n) is 3.81. The summed E-state index contributed by atoms with van der Waals surface area (Å²) >= 11 is 0. The zero-order chi connectivity index (χ0) is 7.14. The Kier molecular flexibility index (Phi) is 1.46. The number of nitrogens with zero attached hydrogens (tertiary/aromatic N) is 1. The van der Waals surface area contributed by atoms with Gasteiger partial charge in [0, 0.05) is 12.1 Å². The van der Waals surface area contributed by atoms with Gasteiger partial charge in [0.1, 0.15) is 0 Å². The summed E-state index contributed by atoms with van der Waals surface area (Å²) in [5.74, 6) is 0.944. The highest BCUT2D eigenvalue weighted by atomic mass is 15.2. The van der Waals surface area contributed by atoms with E-state index >= 15 is 0 Å². The van der Waals surface area contributed by atoms with E-state index in [0.717, 1.165) is 18.0 Å². The summed E-state index contributed by atoms with van der Waals surface area (Å²) in [7, 11) is 4.39. The molecule has 3 atom stereocenters. The topological polar surface area (TPSA) is 15.3 Å². The molecule has 2 aliphatic rings. The smallest absolute Gasteiger partial charge is 0.0283 e. The highest BCUT2D eigenvalue weighted by Gasteiger charge is 2.42. The van der Waals surface area contributed by atoms with Gasteiger partial charge in [-0.15, -0.1) is 0 Å². The first kappa shape index (κ1) is 6.62. The molecule has 10 heavy (non-hydrogen) atoms. The molecule has 1 aliphatic heterocycles.